The number of hydrogen-bond acceptors (Lipinski definition) is 6. The molecule has 1 aromatic rings. The van der Waals surface area contributed by atoms with Crippen molar-refractivity contribution in [2.75, 3.05) is 25.7 Å². The van der Waals surface area contributed by atoms with E-state index in [4.69, 9.17) is 10.1 Å². The van der Waals surface area contributed by atoms with Gasteiger partial charge in [0.25, 0.3) is 0 Å². The van der Waals surface area contributed by atoms with E-state index in [0.717, 1.165) is 23.7 Å². The Morgan fingerprint density at radius 2 is 2.27 bits per heavy atom. The van der Waals surface area contributed by atoms with Gasteiger partial charge in [-0.2, -0.15) is 11.8 Å². The van der Waals surface area contributed by atoms with Crippen LogP contribution in [0.3, 0.4) is 0 Å². The van der Waals surface area contributed by atoms with Gasteiger partial charge in [-0.25, -0.2) is 9.18 Å². The van der Waals surface area contributed by atoms with Crippen molar-refractivity contribution in [2.24, 2.45) is 0 Å². The maximum atomic E-state index is 13.1. The number of nitrogens with one attached hydrogen (secondary N) is 1. The van der Waals surface area contributed by atoms with E-state index < -0.39 is 11.9 Å². The van der Waals surface area contributed by atoms with Gasteiger partial charge in [0.05, 0.1) is 11.2 Å². The fourth-order valence-electron chi connectivity index (χ4n) is 1.42. The van der Waals surface area contributed by atoms with Crippen LogP contribution in [-0.2, 0) is 4.74 Å². The Hall–Kier alpha value is -1.54. The van der Waals surface area contributed by atoms with Crippen LogP contribution in [0.1, 0.15) is 12.5 Å². The van der Waals surface area contributed by atoms with Gasteiger partial charge in [-0.05, 0) is 19.2 Å². The summed E-state index contributed by atoms with van der Waals surface area (Å²) in [4.78, 5) is 16.9. The second kappa shape index (κ2) is 9.47. The number of allylic oxidation sites excluding steroid dienone is 1. The Morgan fingerprint density at radius 1 is 1.55 bits per heavy atom. The molecule has 0 aromatic carbocycles. The van der Waals surface area contributed by atoms with Gasteiger partial charge in [-0.3, -0.25) is 15.3 Å². The summed E-state index contributed by atoms with van der Waals surface area (Å²) in [7, 11) is 1.57. The van der Waals surface area contributed by atoms with E-state index in [-0.39, 0.29) is 5.04 Å². The lowest BCUT2D eigenvalue weighted by Gasteiger charge is -2.19. The highest BCUT2D eigenvalue weighted by Gasteiger charge is 2.17. The summed E-state index contributed by atoms with van der Waals surface area (Å²) in [5, 5.41) is 8.63. The van der Waals surface area contributed by atoms with Crippen LogP contribution >= 0.6 is 23.5 Å². The normalized spacial score (nSPS) is 11.2. The van der Waals surface area contributed by atoms with Crippen molar-refractivity contribution in [3.63, 3.8) is 0 Å². The molecule has 0 fully saturated rings. The largest absolute Gasteiger partial charge is 0.448 e. The molecule has 0 aliphatic heterocycles. The number of ether oxygens (including phenoxy) is 1. The van der Waals surface area contributed by atoms with E-state index in [2.05, 4.69) is 4.98 Å². The highest BCUT2D eigenvalue weighted by Crippen LogP contribution is 2.24. The summed E-state index contributed by atoms with van der Waals surface area (Å²) < 4.78 is 18.2. The molecule has 8 heteroatoms. The Bertz CT molecular complexity index is 567. The number of aromatic nitrogens is 1. The highest BCUT2D eigenvalue weighted by atomic mass is 32.2. The van der Waals surface area contributed by atoms with Gasteiger partial charge >= 0.3 is 6.09 Å². The molecule has 0 radical (unpaired) electrons. The Balaban J connectivity index is 2.68. The van der Waals surface area contributed by atoms with Crippen LogP contribution < -0.4 is 0 Å². The summed E-state index contributed by atoms with van der Waals surface area (Å²) in [6.07, 6.45) is 5.62. The minimum Gasteiger partial charge on any atom is -0.448 e. The average molecular weight is 343 g/mol. The number of carbonyl (C=O) groups is 1. The lowest BCUT2D eigenvalue weighted by Crippen LogP contribution is -2.27. The van der Waals surface area contributed by atoms with E-state index in [1.165, 1.54) is 17.2 Å². The lowest BCUT2D eigenvalue weighted by molar-refractivity contribution is 0.129. The lowest BCUT2D eigenvalue weighted by atomic mass is 10.3. The van der Waals surface area contributed by atoms with Crippen molar-refractivity contribution >= 4 is 34.7 Å². The number of halogens is 1. The van der Waals surface area contributed by atoms with E-state index in [1.54, 1.807) is 31.8 Å². The summed E-state index contributed by atoms with van der Waals surface area (Å²) >= 11 is 2.63. The number of amides is 1. The molecule has 5 nitrogen and oxygen atoms in total. The molecule has 0 saturated heterocycles. The minimum atomic E-state index is -0.505. The van der Waals surface area contributed by atoms with Crippen LogP contribution in [0.5, 0.6) is 0 Å². The van der Waals surface area contributed by atoms with Gasteiger partial charge in [0.15, 0.2) is 0 Å². The van der Waals surface area contributed by atoms with Crippen molar-refractivity contribution in [2.45, 2.75) is 6.92 Å². The monoisotopic (exact) mass is 343 g/mol. The highest BCUT2D eigenvalue weighted by molar-refractivity contribution is 8.17. The molecule has 0 atom stereocenters. The summed E-state index contributed by atoms with van der Waals surface area (Å²) in [5.41, 5.74) is 0.355. The van der Waals surface area contributed by atoms with Crippen molar-refractivity contribution in [1.82, 2.24) is 9.88 Å². The molecule has 1 N–H and O–H groups in total. The Morgan fingerprint density at radius 3 is 2.86 bits per heavy atom. The van der Waals surface area contributed by atoms with Gasteiger partial charge < -0.3 is 4.74 Å². The number of carbonyl (C=O) groups excluding carboxylic acids is 1. The van der Waals surface area contributed by atoms with Crippen LogP contribution in [0, 0.1) is 11.2 Å². The molecule has 1 aromatic heterocycles. The standard InChI is InChI=1S/C14H18FN3O2S2/c1-4-12(18(2)14(19)20-5-6-21-3)22-13(16)10-7-11(15)9-17-8-10/h4,7-9,16H,5-6H2,1-3H3/b12-4-,16-13?. The molecular formula is C14H18FN3O2S2. The molecule has 0 unspecified atom stereocenters. The molecule has 120 valence electrons. The average Bonchev–Trinajstić information content (AvgIpc) is 2.51. The second-order valence-electron chi connectivity index (χ2n) is 4.12. The molecule has 0 aliphatic carbocycles. The zero-order valence-corrected chi connectivity index (χ0v) is 14.3. The molecule has 0 bridgehead atoms. The molecule has 1 amide bonds. The maximum Gasteiger partial charge on any atom is 0.414 e. The predicted molar refractivity (Wildman–Crippen MR) is 89.9 cm³/mol. The first-order valence-electron chi connectivity index (χ1n) is 6.42. The molecule has 0 spiro atoms. The van der Waals surface area contributed by atoms with Crippen LogP contribution in [0.2, 0.25) is 0 Å². The molecule has 0 saturated carbocycles. The maximum absolute atomic E-state index is 13.1. The van der Waals surface area contributed by atoms with Gasteiger partial charge in [0, 0.05) is 24.6 Å². The molecule has 0 aliphatic rings. The smallest absolute Gasteiger partial charge is 0.414 e. The fourth-order valence-corrected chi connectivity index (χ4v) is 2.44. The van der Waals surface area contributed by atoms with E-state index in [1.807, 2.05) is 6.26 Å². The topological polar surface area (TPSA) is 66.3 Å². The molecule has 22 heavy (non-hydrogen) atoms. The summed E-state index contributed by atoms with van der Waals surface area (Å²) in [5.74, 6) is 0.220. The van der Waals surface area contributed by atoms with Crippen molar-refractivity contribution < 1.29 is 13.9 Å². The first kappa shape index (κ1) is 18.5. The predicted octanol–water partition coefficient (Wildman–Crippen LogP) is 3.57. The van der Waals surface area contributed by atoms with Gasteiger partial charge in [-0.1, -0.05) is 17.8 Å². The van der Waals surface area contributed by atoms with E-state index in [9.17, 15) is 9.18 Å². The number of rotatable bonds is 6. The number of pyridine rings is 1. The third-order valence-corrected chi connectivity index (χ3v) is 4.27. The Kier molecular flexibility index (Phi) is 7.97. The first-order valence-corrected chi connectivity index (χ1v) is 8.63. The Labute approximate surface area is 137 Å². The van der Waals surface area contributed by atoms with Gasteiger partial charge in [0.1, 0.15) is 17.5 Å². The first-order chi connectivity index (χ1) is 10.5. The van der Waals surface area contributed by atoms with Crippen molar-refractivity contribution in [3.05, 3.63) is 40.9 Å². The molecule has 1 rings (SSSR count). The molecular weight excluding hydrogens is 325 g/mol. The van der Waals surface area contributed by atoms with Crippen molar-refractivity contribution in [1.29, 1.82) is 5.41 Å². The van der Waals surface area contributed by atoms with E-state index in [0.29, 0.717) is 17.2 Å². The fraction of sp³-hybridized carbons (Fsp3) is 0.357. The van der Waals surface area contributed by atoms with Gasteiger partial charge in [-0.15, -0.1) is 0 Å². The van der Waals surface area contributed by atoms with Crippen LogP contribution in [0.15, 0.2) is 29.6 Å². The zero-order valence-electron chi connectivity index (χ0n) is 12.6. The summed E-state index contributed by atoms with van der Waals surface area (Å²) in [6, 6.07) is 1.23. The number of hydrogen-bond donors (Lipinski definition) is 1. The SMILES string of the molecule is C/C=C(\SC(=N)c1cncc(F)c1)N(C)C(=O)OCCSC. The second-order valence-corrected chi connectivity index (χ2v) is 6.13. The van der Waals surface area contributed by atoms with Crippen molar-refractivity contribution in [3.8, 4) is 0 Å². The van der Waals surface area contributed by atoms with E-state index >= 15 is 0 Å². The third kappa shape index (κ3) is 5.69. The minimum absolute atomic E-state index is 0.101. The zero-order chi connectivity index (χ0) is 16.5. The number of thioether (sulfide) groups is 2. The quantitative estimate of drug-likeness (QED) is 0.486. The number of nitrogens with zero attached hydrogens (tertiary/aromatic N) is 2. The molecule has 1 heterocycles. The summed E-state index contributed by atoms with van der Waals surface area (Å²) in [6.45, 7) is 2.09. The van der Waals surface area contributed by atoms with Crippen LogP contribution in [-0.4, -0.2) is 46.7 Å². The van der Waals surface area contributed by atoms with Gasteiger partial charge in [0.2, 0.25) is 0 Å². The van der Waals surface area contributed by atoms with Crippen LogP contribution in [0.25, 0.3) is 0 Å². The third-order valence-electron chi connectivity index (χ3n) is 2.54. The van der Waals surface area contributed by atoms with Crippen LogP contribution in [0.4, 0.5) is 9.18 Å².